The van der Waals surface area contributed by atoms with Crippen molar-refractivity contribution in [3.63, 3.8) is 0 Å². The van der Waals surface area contributed by atoms with Gasteiger partial charge in [-0.25, -0.2) is 0 Å². The first kappa shape index (κ1) is 14.7. The van der Waals surface area contributed by atoms with Crippen molar-refractivity contribution in [2.75, 3.05) is 26.9 Å². The highest BCUT2D eigenvalue weighted by Gasteiger charge is 2.07. The second-order valence-corrected chi connectivity index (χ2v) is 4.66. The molecule has 0 aliphatic carbocycles. The third-order valence-corrected chi connectivity index (χ3v) is 3.18. The number of nitrogens with one attached hydrogen (secondary N) is 1. The molecule has 0 saturated heterocycles. The maximum atomic E-state index is 11.7. The molecular weight excluding hydrogens is 250 g/mol. The summed E-state index contributed by atoms with van der Waals surface area (Å²) in [4.78, 5) is 13.2. The van der Waals surface area contributed by atoms with Gasteiger partial charge < -0.3 is 15.2 Å². The van der Waals surface area contributed by atoms with Gasteiger partial charge >= 0.3 is 0 Å². The van der Waals surface area contributed by atoms with Crippen LogP contribution in [0.1, 0.15) is 27.4 Å². The Bertz CT molecular complexity index is 431. The molecule has 0 spiro atoms. The lowest BCUT2D eigenvalue weighted by molar-refractivity contribution is 0.0955. The maximum Gasteiger partial charge on any atom is 0.261 e. The molecule has 0 aliphatic heterocycles. The highest BCUT2D eigenvalue weighted by atomic mass is 32.1. The Balaban J connectivity index is 2.35. The lowest BCUT2D eigenvalue weighted by Crippen LogP contribution is -2.23. The molecule has 98 valence electrons. The first-order valence-electron chi connectivity index (χ1n) is 5.74. The van der Waals surface area contributed by atoms with E-state index in [4.69, 9.17) is 9.84 Å². The molecule has 1 amide bonds. The van der Waals surface area contributed by atoms with E-state index in [1.54, 1.807) is 19.2 Å². The minimum atomic E-state index is -0.168. The Morgan fingerprint density at radius 2 is 2.33 bits per heavy atom. The van der Waals surface area contributed by atoms with Gasteiger partial charge in [-0.3, -0.25) is 4.79 Å². The molecule has 1 rings (SSSR count). The number of carbonyl (C=O) groups excluding carboxylic acids is 1. The van der Waals surface area contributed by atoms with Gasteiger partial charge in [-0.2, -0.15) is 0 Å². The van der Waals surface area contributed by atoms with E-state index in [0.29, 0.717) is 11.4 Å². The second kappa shape index (κ2) is 8.70. The number of carbonyl (C=O) groups is 1. The van der Waals surface area contributed by atoms with Crippen molar-refractivity contribution in [1.82, 2.24) is 5.32 Å². The van der Waals surface area contributed by atoms with Crippen LogP contribution in [0.3, 0.4) is 0 Å². The lowest BCUT2D eigenvalue weighted by Gasteiger charge is -2.02. The van der Waals surface area contributed by atoms with E-state index in [2.05, 4.69) is 17.2 Å². The number of thiophene rings is 1. The van der Waals surface area contributed by atoms with Crippen molar-refractivity contribution in [2.45, 2.75) is 12.8 Å². The molecule has 4 nitrogen and oxygen atoms in total. The van der Waals surface area contributed by atoms with E-state index in [-0.39, 0.29) is 12.5 Å². The van der Waals surface area contributed by atoms with Crippen molar-refractivity contribution in [3.8, 4) is 11.8 Å². The van der Waals surface area contributed by atoms with Crippen molar-refractivity contribution in [2.24, 2.45) is 0 Å². The number of amides is 1. The predicted molar refractivity (Wildman–Crippen MR) is 71.7 cm³/mol. The average molecular weight is 267 g/mol. The minimum Gasteiger partial charge on any atom is -0.385 e. The van der Waals surface area contributed by atoms with Crippen molar-refractivity contribution in [3.05, 3.63) is 21.9 Å². The summed E-state index contributed by atoms with van der Waals surface area (Å²) in [6.07, 6.45) is 1.84. The Hall–Kier alpha value is -1.35. The van der Waals surface area contributed by atoms with Gasteiger partial charge in [0.2, 0.25) is 0 Å². The van der Waals surface area contributed by atoms with E-state index >= 15 is 0 Å². The van der Waals surface area contributed by atoms with Crippen LogP contribution in [0.5, 0.6) is 0 Å². The topological polar surface area (TPSA) is 58.6 Å². The van der Waals surface area contributed by atoms with Gasteiger partial charge in [0.25, 0.3) is 5.91 Å². The number of rotatable bonds is 6. The molecular formula is C13H17NO3S. The zero-order chi connectivity index (χ0) is 13.2. The second-order valence-electron chi connectivity index (χ2n) is 3.58. The molecule has 0 radical (unpaired) electrons. The molecule has 0 unspecified atom stereocenters. The predicted octanol–water partition coefficient (Wildman–Crippen LogP) is 1.25. The van der Waals surface area contributed by atoms with Crippen LogP contribution in [0, 0.1) is 11.8 Å². The zero-order valence-electron chi connectivity index (χ0n) is 10.4. The Kier molecular flexibility index (Phi) is 7.11. The summed E-state index contributed by atoms with van der Waals surface area (Å²) in [6, 6.07) is 3.53. The molecule has 1 aromatic rings. The fourth-order valence-corrected chi connectivity index (χ4v) is 2.11. The van der Waals surface area contributed by atoms with Gasteiger partial charge in [-0.1, -0.05) is 11.8 Å². The molecule has 18 heavy (non-hydrogen) atoms. The van der Waals surface area contributed by atoms with Gasteiger partial charge in [-0.05, 0) is 25.0 Å². The van der Waals surface area contributed by atoms with E-state index < -0.39 is 0 Å². The van der Waals surface area contributed by atoms with Crippen LogP contribution >= 0.6 is 11.3 Å². The monoisotopic (exact) mass is 267 g/mol. The number of hydrogen-bond acceptors (Lipinski definition) is 4. The smallest absolute Gasteiger partial charge is 0.261 e. The van der Waals surface area contributed by atoms with Gasteiger partial charge in [-0.15, -0.1) is 11.3 Å². The molecule has 5 heteroatoms. The van der Waals surface area contributed by atoms with Crippen LogP contribution in [0.15, 0.2) is 12.1 Å². The molecule has 1 heterocycles. The molecule has 0 fully saturated rings. The molecule has 1 aromatic heterocycles. The maximum absolute atomic E-state index is 11.7. The fourth-order valence-electron chi connectivity index (χ4n) is 1.31. The first-order valence-corrected chi connectivity index (χ1v) is 6.56. The van der Waals surface area contributed by atoms with Gasteiger partial charge in [0, 0.05) is 20.3 Å². The summed E-state index contributed by atoms with van der Waals surface area (Å²) in [5.74, 6) is 5.25. The Labute approximate surface area is 111 Å². The summed E-state index contributed by atoms with van der Waals surface area (Å²) in [6.45, 7) is 1.20. The van der Waals surface area contributed by atoms with Crippen LogP contribution < -0.4 is 5.32 Å². The van der Waals surface area contributed by atoms with Crippen LogP contribution in [-0.2, 0) is 4.74 Å². The minimum absolute atomic E-state index is 0.0746. The Morgan fingerprint density at radius 3 is 3.06 bits per heavy atom. The number of ether oxygens (including phenoxy) is 1. The number of unbranched alkanes of at least 4 members (excludes halogenated alkanes) is 1. The van der Waals surface area contributed by atoms with Crippen LogP contribution in [0.4, 0.5) is 0 Å². The zero-order valence-corrected chi connectivity index (χ0v) is 11.2. The molecule has 2 N–H and O–H groups in total. The summed E-state index contributed by atoms with van der Waals surface area (Å²) < 4.78 is 4.93. The average Bonchev–Trinajstić information content (AvgIpc) is 2.84. The van der Waals surface area contributed by atoms with Crippen molar-refractivity contribution < 1.29 is 14.6 Å². The number of aliphatic hydroxyl groups excluding tert-OH is 1. The highest BCUT2D eigenvalue weighted by Crippen LogP contribution is 2.15. The quantitative estimate of drug-likeness (QED) is 0.602. The number of hydrogen-bond donors (Lipinski definition) is 2. The molecule has 0 aliphatic rings. The van der Waals surface area contributed by atoms with Gasteiger partial charge in [0.15, 0.2) is 0 Å². The summed E-state index contributed by atoms with van der Waals surface area (Å²) in [5.41, 5.74) is 0. The molecule has 0 aromatic carbocycles. The number of aliphatic hydroxyl groups is 1. The van der Waals surface area contributed by atoms with Crippen LogP contribution in [-0.4, -0.2) is 37.9 Å². The van der Waals surface area contributed by atoms with Crippen molar-refractivity contribution in [1.29, 1.82) is 0 Å². The Morgan fingerprint density at radius 1 is 1.50 bits per heavy atom. The highest BCUT2D eigenvalue weighted by molar-refractivity contribution is 7.14. The third kappa shape index (κ3) is 5.32. The largest absolute Gasteiger partial charge is 0.385 e. The lowest BCUT2D eigenvalue weighted by atomic mass is 10.3. The molecule has 0 atom stereocenters. The normalized spacial score (nSPS) is 9.67. The van der Waals surface area contributed by atoms with Crippen molar-refractivity contribution >= 4 is 17.2 Å². The van der Waals surface area contributed by atoms with E-state index in [1.165, 1.54) is 11.3 Å². The van der Waals surface area contributed by atoms with E-state index in [0.717, 1.165) is 24.3 Å². The van der Waals surface area contributed by atoms with Gasteiger partial charge in [0.1, 0.15) is 6.61 Å². The van der Waals surface area contributed by atoms with Crippen LogP contribution in [0.2, 0.25) is 0 Å². The fraction of sp³-hybridized carbons (Fsp3) is 0.462. The summed E-state index contributed by atoms with van der Waals surface area (Å²) in [7, 11) is 1.67. The van der Waals surface area contributed by atoms with E-state index in [1.807, 2.05) is 0 Å². The van der Waals surface area contributed by atoms with Gasteiger partial charge in [0.05, 0.1) is 9.75 Å². The third-order valence-electron chi connectivity index (χ3n) is 2.18. The summed E-state index contributed by atoms with van der Waals surface area (Å²) >= 11 is 1.33. The SMILES string of the molecule is COCCCCNC(=O)c1ccc(C#CCO)s1. The van der Waals surface area contributed by atoms with Crippen LogP contribution in [0.25, 0.3) is 0 Å². The standard InChI is InChI=1S/C13H17NO3S/c1-17-10-3-2-8-14-13(16)12-7-6-11(18-12)5-4-9-15/h6-7,15H,2-3,8-10H2,1H3,(H,14,16). The number of methoxy groups -OCH3 is 1. The first-order chi connectivity index (χ1) is 8.77. The summed E-state index contributed by atoms with van der Waals surface area (Å²) in [5, 5.41) is 11.4. The molecule has 0 bridgehead atoms. The van der Waals surface area contributed by atoms with E-state index in [9.17, 15) is 4.79 Å². The molecule has 0 saturated carbocycles.